The summed E-state index contributed by atoms with van der Waals surface area (Å²) in [5.41, 5.74) is 0.787. The molecule has 6 bridgehead atoms. The van der Waals surface area contributed by atoms with Gasteiger partial charge in [-0.3, -0.25) is 14.7 Å². The lowest BCUT2D eigenvalue weighted by Gasteiger charge is -2.66. The molecule has 3 aliphatic carbocycles. The fraction of sp³-hybridized carbons (Fsp3) is 1.00. The van der Waals surface area contributed by atoms with Crippen molar-refractivity contribution in [1.82, 2.24) is 14.7 Å². The highest BCUT2D eigenvalue weighted by atomic mass is 15.3. The van der Waals surface area contributed by atoms with Gasteiger partial charge in [0.05, 0.1) is 0 Å². The molecule has 3 saturated carbocycles. The van der Waals surface area contributed by atoms with Gasteiger partial charge in [-0.25, -0.2) is 0 Å². The van der Waals surface area contributed by atoms with Gasteiger partial charge in [0.25, 0.3) is 0 Å². The molecule has 182 valence electrons. The lowest BCUT2D eigenvalue weighted by Crippen LogP contribution is -2.70. The Bertz CT molecular complexity index is 689. The normalized spacial score (nSPS) is 45.5. The van der Waals surface area contributed by atoms with Crippen LogP contribution in [-0.2, 0) is 0 Å². The zero-order chi connectivity index (χ0) is 22.4. The third-order valence-electron chi connectivity index (χ3n) is 12.0. The zero-order valence-electron chi connectivity index (χ0n) is 22.0. The Morgan fingerprint density at radius 3 is 1.81 bits per heavy atom. The van der Waals surface area contributed by atoms with E-state index in [1.54, 1.807) is 0 Å². The first-order valence-electron chi connectivity index (χ1n) is 14.4. The summed E-state index contributed by atoms with van der Waals surface area (Å²) in [6, 6.07) is 1.58. The fourth-order valence-corrected chi connectivity index (χ4v) is 10.3. The minimum Gasteiger partial charge on any atom is -0.298 e. The first kappa shape index (κ1) is 22.4. The molecule has 8 fully saturated rings. The van der Waals surface area contributed by atoms with Gasteiger partial charge in [-0.1, -0.05) is 0 Å². The Morgan fingerprint density at radius 2 is 1.25 bits per heavy atom. The predicted octanol–water partition coefficient (Wildman–Crippen LogP) is 5.35. The van der Waals surface area contributed by atoms with Crippen LogP contribution in [-0.4, -0.2) is 70.6 Å². The molecule has 8 aliphatic rings. The van der Waals surface area contributed by atoms with Crippen LogP contribution >= 0.6 is 0 Å². The van der Waals surface area contributed by atoms with E-state index in [-0.39, 0.29) is 0 Å². The molecular formula is C29H51N3. The smallest absolute Gasteiger partial charge is 0.0187 e. The third kappa shape index (κ3) is 3.38. The van der Waals surface area contributed by atoms with E-state index in [1.807, 2.05) is 0 Å². The van der Waals surface area contributed by atoms with Crippen LogP contribution in [0, 0.1) is 41.4 Å². The van der Waals surface area contributed by atoms with Gasteiger partial charge in [-0.2, -0.15) is 0 Å². The molecule has 0 aromatic rings. The maximum absolute atomic E-state index is 2.99. The van der Waals surface area contributed by atoms with Gasteiger partial charge < -0.3 is 0 Å². The molecule has 3 heteroatoms. The van der Waals surface area contributed by atoms with Crippen LogP contribution in [0.1, 0.15) is 86.5 Å². The third-order valence-corrected chi connectivity index (χ3v) is 12.0. The largest absolute Gasteiger partial charge is 0.298 e. The van der Waals surface area contributed by atoms with Crippen molar-refractivity contribution in [2.75, 3.05) is 32.7 Å². The number of piperidine rings is 5. The average molecular weight is 442 g/mol. The molecule has 0 spiro atoms. The van der Waals surface area contributed by atoms with E-state index in [0.717, 1.165) is 53.5 Å². The van der Waals surface area contributed by atoms with E-state index in [9.17, 15) is 0 Å². The van der Waals surface area contributed by atoms with E-state index in [4.69, 9.17) is 0 Å². The standard InChI is InChI=1S/C29H51N3/c1-19(2)32-18-22-9-10-25(32)13-26(22)28(3,4)31-16-23-12-24(17-31)27(23)29(5,6)30-14-20-7-8-21(11-20)15-30/h19-27H,7-18H2,1-6H3. The van der Waals surface area contributed by atoms with Gasteiger partial charge in [-0.15, -0.1) is 0 Å². The molecular weight excluding hydrogens is 390 g/mol. The molecule has 5 aliphatic heterocycles. The van der Waals surface area contributed by atoms with Crippen LogP contribution < -0.4 is 0 Å². The SMILES string of the molecule is CC(C)N1CC2CCC1CC2C(C)(C)N1CC2CC(C1)C2C(C)(C)N1CC2CCC(C2)C1. The van der Waals surface area contributed by atoms with Crippen LogP contribution in [0.25, 0.3) is 0 Å². The predicted molar refractivity (Wildman–Crippen MR) is 134 cm³/mol. The van der Waals surface area contributed by atoms with Gasteiger partial charge in [0, 0.05) is 55.9 Å². The molecule has 5 saturated heterocycles. The summed E-state index contributed by atoms with van der Waals surface area (Å²) >= 11 is 0. The van der Waals surface area contributed by atoms with Gasteiger partial charge in [0.15, 0.2) is 0 Å². The molecule has 32 heavy (non-hydrogen) atoms. The molecule has 0 amide bonds. The maximum atomic E-state index is 2.99. The Kier molecular flexibility index (Phi) is 5.37. The van der Waals surface area contributed by atoms with Crippen LogP contribution in [0.2, 0.25) is 0 Å². The molecule has 0 N–H and O–H groups in total. The number of fused-ring (bicyclic) bond motifs is 7. The van der Waals surface area contributed by atoms with Crippen molar-refractivity contribution in [2.45, 2.75) is 110 Å². The quantitative estimate of drug-likeness (QED) is 0.569. The second-order valence-electron chi connectivity index (χ2n) is 14.6. The van der Waals surface area contributed by atoms with Crippen LogP contribution in [0.3, 0.4) is 0 Å². The molecule has 7 unspecified atom stereocenters. The van der Waals surface area contributed by atoms with Crippen molar-refractivity contribution in [1.29, 1.82) is 0 Å². The minimum atomic E-state index is 0.378. The monoisotopic (exact) mass is 441 g/mol. The molecule has 0 aromatic carbocycles. The van der Waals surface area contributed by atoms with Gasteiger partial charge in [-0.05, 0) is 128 Å². The van der Waals surface area contributed by atoms with E-state index >= 15 is 0 Å². The van der Waals surface area contributed by atoms with Crippen molar-refractivity contribution < 1.29 is 0 Å². The summed E-state index contributed by atoms with van der Waals surface area (Å²) in [5, 5.41) is 0. The number of likely N-dealkylation sites (tertiary alicyclic amines) is 1. The van der Waals surface area contributed by atoms with Crippen LogP contribution in [0.15, 0.2) is 0 Å². The molecule has 0 aromatic heterocycles. The van der Waals surface area contributed by atoms with Crippen LogP contribution in [0.4, 0.5) is 0 Å². The lowest BCUT2D eigenvalue weighted by atomic mass is 9.53. The Balaban J connectivity index is 1.13. The van der Waals surface area contributed by atoms with Gasteiger partial charge in [0.1, 0.15) is 0 Å². The highest BCUT2D eigenvalue weighted by Gasteiger charge is 2.58. The summed E-state index contributed by atoms with van der Waals surface area (Å²) in [4.78, 5) is 8.78. The fourth-order valence-electron chi connectivity index (χ4n) is 10.3. The highest BCUT2D eigenvalue weighted by molar-refractivity contribution is 5.11. The topological polar surface area (TPSA) is 9.72 Å². The first-order valence-corrected chi connectivity index (χ1v) is 14.4. The van der Waals surface area contributed by atoms with E-state index in [0.29, 0.717) is 11.1 Å². The van der Waals surface area contributed by atoms with E-state index < -0.39 is 0 Å². The number of nitrogens with zero attached hydrogens (tertiary/aromatic N) is 3. The molecule has 0 radical (unpaired) electrons. The second-order valence-corrected chi connectivity index (χ2v) is 14.6. The Labute approximate surface area is 198 Å². The Hall–Kier alpha value is -0.120. The number of hydrogen-bond donors (Lipinski definition) is 0. The second kappa shape index (κ2) is 7.69. The molecule has 5 heterocycles. The summed E-state index contributed by atoms with van der Waals surface area (Å²) in [6.07, 6.45) is 10.4. The summed E-state index contributed by atoms with van der Waals surface area (Å²) in [5.74, 6) is 6.66. The van der Waals surface area contributed by atoms with Gasteiger partial charge in [0.2, 0.25) is 0 Å². The number of hydrogen-bond acceptors (Lipinski definition) is 3. The summed E-state index contributed by atoms with van der Waals surface area (Å²) < 4.78 is 0. The Morgan fingerprint density at radius 1 is 0.625 bits per heavy atom. The molecule has 8 rings (SSSR count). The van der Waals surface area contributed by atoms with Crippen molar-refractivity contribution in [3.63, 3.8) is 0 Å². The molecule has 3 nitrogen and oxygen atoms in total. The van der Waals surface area contributed by atoms with Crippen molar-refractivity contribution >= 4 is 0 Å². The zero-order valence-corrected chi connectivity index (χ0v) is 22.0. The van der Waals surface area contributed by atoms with Crippen LogP contribution in [0.5, 0.6) is 0 Å². The van der Waals surface area contributed by atoms with Gasteiger partial charge >= 0.3 is 0 Å². The first-order chi connectivity index (χ1) is 15.1. The minimum absolute atomic E-state index is 0.378. The van der Waals surface area contributed by atoms with Crippen molar-refractivity contribution in [2.24, 2.45) is 41.4 Å². The highest BCUT2D eigenvalue weighted by Crippen LogP contribution is 2.56. The van der Waals surface area contributed by atoms with E-state index in [1.165, 1.54) is 77.7 Å². The number of rotatable bonds is 5. The van der Waals surface area contributed by atoms with Crippen molar-refractivity contribution in [3.05, 3.63) is 0 Å². The van der Waals surface area contributed by atoms with E-state index in [2.05, 4.69) is 56.2 Å². The average Bonchev–Trinajstić information content (AvgIpc) is 3.10. The summed E-state index contributed by atoms with van der Waals surface area (Å²) in [6.45, 7) is 22.2. The molecule has 7 atom stereocenters. The maximum Gasteiger partial charge on any atom is 0.0187 e. The summed E-state index contributed by atoms with van der Waals surface area (Å²) in [7, 11) is 0. The lowest BCUT2D eigenvalue weighted by molar-refractivity contribution is -0.164. The van der Waals surface area contributed by atoms with Crippen molar-refractivity contribution in [3.8, 4) is 0 Å².